The topological polar surface area (TPSA) is 62.2 Å². The number of pyridine rings is 1. The Labute approximate surface area is 158 Å². The molecule has 138 valence electrons. The number of amides is 1. The lowest BCUT2D eigenvalue weighted by molar-refractivity contribution is 0.0745. The van der Waals surface area contributed by atoms with Crippen LogP contribution in [0.3, 0.4) is 0 Å². The summed E-state index contributed by atoms with van der Waals surface area (Å²) in [7, 11) is 2.12. The van der Waals surface area contributed by atoms with Crippen LogP contribution in [0, 0.1) is 5.92 Å². The Morgan fingerprint density at radius 1 is 1.11 bits per heavy atom. The molecule has 6 heteroatoms. The minimum Gasteiger partial charge on any atom is -0.337 e. The summed E-state index contributed by atoms with van der Waals surface area (Å²) in [5, 5.41) is 1.16. The Kier molecular flexibility index (Phi) is 5.07. The molecule has 0 bridgehead atoms. The van der Waals surface area contributed by atoms with Crippen LogP contribution in [0.15, 0.2) is 55.2 Å². The second kappa shape index (κ2) is 7.80. The molecule has 4 rings (SSSR count). The average molecular weight is 361 g/mol. The van der Waals surface area contributed by atoms with Crippen LogP contribution in [0.25, 0.3) is 10.9 Å². The van der Waals surface area contributed by atoms with E-state index in [4.69, 9.17) is 0 Å². The first kappa shape index (κ1) is 17.5. The zero-order valence-electron chi connectivity index (χ0n) is 15.5. The Balaban J connectivity index is 1.57. The van der Waals surface area contributed by atoms with Gasteiger partial charge >= 0.3 is 0 Å². The van der Waals surface area contributed by atoms with Gasteiger partial charge in [-0.3, -0.25) is 9.78 Å². The fraction of sp³-hybridized carbons (Fsp3) is 0.333. The van der Waals surface area contributed by atoms with Crippen LogP contribution < -0.4 is 0 Å². The first-order valence-corrected chi connectivity index (χ1v) is 9.26. The molecule has 1 aliphatic rings. The van der Waals surface area contributed by atoms with Crippen molar-refractivity contribution < 1.29 is 4.79 Å². The number of carbonyl (C=O) groups excluding carboxylic acids is 1. The number of hydrogen-bond acceptors (Lipinski definition) is 5. The van der Waals surface area contributed by atoms with E-state index < -0.39 is 0 Å². The molecule has 27 heavy (non-hydrogen) atoms. The van der Waals surface area contributed by atoms with Crippen molar-refractivity contribution >= 4 is 16.8 Å². The van der Waals surface area contributed by atoms with E-state index in [1.54, 1.807) is 12.4 Å². The van der Waals surface area contributed by atoms with Crippen LogP contribution in [-0.2, 0) is 6.42 Å². The molecule has 0 spiro atoms. The van der Waals surface area contributed by atoms with E-state index >= 15 is 0 Å². The van der Waals surface area contributed by atoms with E-state index in [-0.39, 0.29) is 5.91 Å². The van der Waals surface area contributed by atoms with E-state index in [0.29, 0.717) is 18.0 Å². The number of fused-ring (bicyclic) bond motifs is 1. The number of nitrogens with zero attached hydrogens (tertiary/aromatic N) is 5. The molecule has 3 aromatic rings. The number of aromatic nitrogens is 3. The Morgan fingerprint density at radius 2 is 1.93 bits per heavy atom. The molecule has 1 aliphatic heterocycles. The largest absolute Gasteiger partial charge is 0.337 e. The summed E-state index contributed by atoms with van der Waals surface area (Å²) in [6.45, 7) is 3.26. The van der Waals surface area contributed by atoms with E-state index in [9.17, 15) is 4.79 Å². The van der Waals surface area contributed by atoms with Gasteiger partial charge in [0.1, 0.15) is 6.33 Å². The molecule has 0 N–H and O–H groups in total. The molecule has 1 aromatic carbocycles. The molecule has 0 unspecified atom stereocenters. The van der Waals surface area contributed by atoms with E-state index in [2.05, 4.69) is 51.2 Å². The summed E-state index contributed by atoms with van der Waals surface area (Å²) in [6.07, 6.45) is 7.37. The summed E-state index contributed by atoms with van der Waals surface area (Å²) >= 11 is 0. The third-order valence-electron chi connectivity index (χ3n) is 5.12. The quantitative estimate of drug-likeness (QED) is 0.716. The van der Waals surface area contributed by atoms with Crippen LogP contribution in [0.2, 0.25) is 0 Å². The predicted octanol–water partition coefficient (Wildman–Crippen LogP) is 2.27. The highest BCUT2D eigenvalue weighted by atomic mass is 16.2. The molecule has 0 aliphatic carbocycles. The highest BCUT2D eigenvalue weighted by Crippen LogP contribution is 2.22. The highest BCUT2D eigenvalue weighted by molar-refractivity contribution is 5.93. The van der Waals surface area contributed by atoms with Gasteiger partial charge in [0.2, 0.25) is 0 Å². The summed E-state index contributed by atoms with van der Waals surface area (Å²) in [5.41, 5.74) is 2.85. The SMILES string of the molecule is CN1CCN(C(=O)c2cncnc2)C[C@@H](Cc2cccc3cccnc23)C1. The van der Waals surface area contributed by atoms with Crippen molar-refractivity contribution in [2.75, 3.05) is 33.2 Å². The fourth-order valence-electron chi connectivity index (χ4n) is 3.83. The van der Waals surface area contributed by atoms with Crippen molar-refractivity contribution in [3.63, 3.8) is 0 Å². The maximum Gasteiger partial charge on any atom is 0.257 e. The van der Waals surface area contributed by atoms with Crippen molar-refractivity contribution in [1.82, 2.24) is 24.8 Å². The third-order valence-corrected chi connectivity index (χ3v) is 5.12. The first-order chi connectivity index (χ1) is 13.2. The summed E-state index contributed by atoms with van der Waals surface area (Å²) in [5.74, 6) is 0.352. The monoisotopic (exact) mass is 361 g/mol. The average Bonchev–Trinajstić information content (AvgIpc) is 2.89. The maximum absolute atomic E-state index is 12.9. The number of benzene rings is 1. The molecular weight excluding hydrogens is 338 g/mol. The zero-order chi connectivity index (χ0) is 18.6. The molecule has 3 heterocycles. The maximum atomic E-state index is 12.9. The minimum atomic E-state index is 0.00643. The molecule has 1 fully saturated rings. The van der Waals surface area contributed by atoms with Crippen molar-refractivity contribution in [1.29, 1.82) is 0 Å². The van der Waals surface area contributed by atoms with Gasteiger partial charge in [-0.05, 0) is 31.0 Å². The molecule has 1 amide bonds. The minimum absolute atomic E-state index is 0.00643. The van der Waals surface area contributed by atoms with Crippen LogP contribution in [0.5, 0.6) is 0 Å². The lowest BCUT2D eigenvalue weighted by Gasteiger charge is -2.24. The molecule has 6 nitrogen and oxygen atoms in total. The second-order valence-corrected chi connectivity index (χ2v) is 7.20. The van der Waals surface area contributed by atoms with E-state index in [1.807, 2.05) is 17.2 Å². The summed E-state index contributed by atoms with van der Waals surface area (Å²) < 4.78 is 0. The Hall–Kier alpha value is -2.86. The molecule has 0 radical (unpaired) electrons. The number of carbonyl (C=O) groups is 1. The van der Waals surface area contributed by atoms with Crippen LogP contribution in [-0.4, -0.2) is 63.9 Å². The van der Waals surface area contributed by atoms with Crippen molar-refractivity contribution in [3.8, 4) is 0 Å². The first-order valence-electron chi connectivity index (χ1n) is 9.26. The van der Waals surface area contributed by atoms with E-state index in [1.165, 1.54) is 11.9 Å². The summed E-state index contributed by atoms with van der Waals surface area (Å²) in [6, 6.07) is 10.4. The van der Waals surface area contributed by atoms with Gasteiger partial charge in [-0.25, -0.2) is 9.97 Å². The predicted molar refractivity (Wildman–Crippen MR) is 104 cm³/mol. The van der Waals surface area contributed by atoms with Crippen molar-refractivity contribution in [3.05, 3.63) is 66.4 Å². The third kappa shape index (κ3) is 3.95. The van der Waals surface area contributed by atoms with E-state index in [0.717, 1.165) is 37.0 Å². The lowest BCUT2D eigenvalue weighted by atomic mass is 9.96. The van der Waals surface area contributed by atoms with Gasteiger partial charge in [0.25, 0.3) is 5.91 Å². The fourth-order valence-corrected chi connectivity index (χ4v) is 3.83. The Morgan fingerprint density at radius 3 is 2.78 bits per heavy atom. The van der Waals surface area contributed by atoms with Crippen LogP contribution >= 0.6 is 0 Å². The summed E-state index contributed by atoms with van der Waals surface area (Å²) in [4.78, 5) is 29.7. The van der Waals surface area contributed by atoms with Gasteiger partial charge < -0.3 is 9.80 Å². The zero-order valence-corrected chi connectivity index (χ0v) is 15.5. The number of rotatable bonds is 3. The molecule has 1 atom stereocenters. The second-order valence-electron chi connectivity index (χ2n) is 7.20. The van der Waals surface area contributed by atoms with Crippen molar-refractivity contribution in [2.24, 2.45) is 5.92 Å². The molecule has 0 saturated carbocycles. The van der Waals surface area contributed by atoms with Crippen molar-refractivity contribution in [2.45, 2.75) is 6.42 Å². The number of likely N-dealkylation sites (N-methyl/N-ethyl adjacent to an activating group) is 1. The standard InChI is InChI=1S/C21H23N5O/c1-25-8-9-26(21(27)19-11-22-15-23-12-19)14-16(13-25)10-18-5-2-4-17-6-3-7-24-20(17)18/h2-7,11-12,15-16H,8-10,13-14H2,1H3/t16-/m0/s1. The molecule has 1 saturated heterocycles. The van der Waals surface area contributed by atoms with Gasteiger partial charge in [0.15, 0.2) is 0 Å². The van der Waals surface area contributed by atoms with Crippen LogP contribution in [0.4, 0.5) is 0 Å². The Bertz CT molecular complexity index is 925. The molecular formula is C21H23N5O. The molecule has 2 aromatic heterocycles. The number of hydrogen-bond donors (Lipinski definition) is 0. The van der Waals surface area contributed by atoms with Gasteiger partial charge in [0, 0.05) is 50.2 Å². The van der Waals surface area contributed by atoms with Gasteiger partial charge in [-0.2, -0.15) is 0 Å². The van der Waals surface area contributed by atoms with Crippen LogP contribution in [0.1, 0.15) is 15.9 Å². The van der Waals surface area contributed by atoms with Gasteiger partial charge in [-0.1, -0.05) is 24.3 Å². The normalized spacial score (nSPS) is 18.4. The number of para-hydroxylation sites is 1. The van der Waals surface area contributed by atoms with Gasteiger partial charge in [0.05, 0.1) is 11.1 Å². The lowest BCUT2D eigenvalue weighted by Crippen LogP contribution is -2.36. The van der Waals surface area contributed by atoms with Gasteiger partial charge in [-0.15, -0.1) is 0 Å². The smallest absolute Gasteiger partial charge is 0.257 e. The highest BCUT2D eigenvalue weighted by Gasteiger charge is 2.26.